The second-order valence-corrected chi connectivity index (χ2v) is 7.51. The van der Waals surface area contributed by atoms with Crippen LogP contribution in [0.5, 0.6) is 0 Å². The third kappa shape index (κ3) is 3.44. The number of rotatable bonds is 4. The van der Waals surface area contributed by atoms with Gasteiger partial charge >= 0.3 is 0 Å². The zero-order valence-corrected chi connectivity index (χ0v) is 14.6. The monoisotopic (exact) mass is 362 g/mol. The first-order valence-corrected chi connectivity index (χ1v) is 9.04. The van der Waals surface area contributed by atoms with Crippen LogP contribution in [0.3, 0.4) is 0 Å². The molecule has 5 nitrogen and oxygen atoms in total. The molecule has 124 valence electrons. The van der Waals surface area contributed by atoms with Crippen molar-refractivity contribution < 1.29 is 12.9 Å². The van der Waals surface area contributed by atoms with Crippen LogP contribution in [-0.2, 0) is 10.0 Å². The summed E-state index contributed by atoms with van der Waals surface area (Å²) in [5, 5.41) is 4.30. The van der Waals surface area contributed by atoms with Crippen molar-refractivity contribution in [2.45, 2.75) is 18.7 Å². The van der Waals surface area contributed by atoms with Crippen LogP contribution in [0.2, 0.25) is 5.02 Å². The second-order valence-electron chi connectivity index (χ2n) is 5.42. The minimum Gasteiger partial charge on any atom is -0.360 e. The molecule has 0 unspecified atom stereocenters. The van der Waals surface area contributed by atoms with E-state index in [9.17, 15) is 8.42 Å². The van der Waals surface area contributed by atoms with Gasteiger partial charge in [0.2, 0.25) is 0 Å². The standard InChI is InChI=1S/C17H15ClN2O3S/c1-11-3-4-14(10-16(11)18)13-5-7-15(8-6-13)24(21,22)20-17-9-12(2)23-19-17/h3-10H,1-2H3,(H,19,20). The molecule has 0 aliphatic rings. The van der Waals surface area contributed by atoms with Crippen LogP contribution < -0.4 is 4.72 Å². The fourth-order valence-corrected chi connectivity index (χ4v) is 3.37. The van der Waals surface area contributed by atoms with Crippen molar-refractivity contribution in [3.63, 3.8) is 0 Å². The Morgan fingerprint density at radius 2 is 1.67 bits per heavy atom. The van der Waals surface area contributed by atoms with Gasteiger partial charge < -0.3 is 4.52 Å². The van der Waals surface area contributed by atoms with Crippen LogP contribution in [0.25, 0.3) is 11.1 Å². The molecule has 0 aliphatic heterocycles. The summed E-state index contributed by atoms with van der Waals surface area (Å²) in [6.07, 6.45) is 0. The van der Waals surface area contributed by atoms with Crippen molar-refractivity contribution in [3.05, 3.63) is 64.9 Å². The lowest BCUT2D eigenvalue weighted by molar-refractivity contribution is 0.400. The number of anilines is 1. The van der Waals surface area contributed by atoms with Crippen LogP contribution in [0, 0.1) is 13.8 Å². The highest BCUT2D eigenvalue weighted by molar-refractivity contribution is 7.92. The van der Waals surface area contributed by atoms with E-state index in [1.165, 1.54) is 6.07 Å². The zero-order valence-electron chi connectivity index (χ0n) is 13.1. The molecule has 2 aromatic carbocycles. The Labute approximate surface area is 145 Å². The van der Waals surface area contributed by atoms with Gasteiger partial charge in [0, 0.05) is 11.1 Å². The van der Waals surface area contributed by atoms with Gasteiger partial charge in [0.15, 0.2) is 5.82 Å². The molecular weight excluding hydrogens is 348 g/mol. The first-order valence-electron chi connectivity index (χ1n) is 7.18. The summed E-state index contributed by atoms with van der Waals surface area (Å²) < 4.78 is 31.9. The number of hydrogen-bond donors (Lipinski definition) is 1. The van der Waals surface area contributed by atoms with Crippen molar-refractivity contribution >= 4 is 27.4 Å². The highest BCUT2D eigenvalue weighted by Gasteiger charge is 2.16. The SMILES string of the molecule is Cc1cc(NS(=O)(=O)c2ccc(-c3ccc(C)c(Cl)c3)cc2)no1. The van der Waals surface area contributed by atoms with E-state index in [-0.39, 0.29) is 10.7 Å². The molecule has 0 radical (unpaired) electrons. The van der Waals surface area contributed by atoms with Gasteiger partial charge in [-0.05, 0) is 48.7 Å². The van der Waals surface area contributed by atoms with Gasteiger partial charge in [0.05, 0.1) is 4.90 Å². The summed E-state index contributed by atoms with van der Waals surface area (Å²) in [5.74, 6) is 0.682. The van der Waals surface area contributed by atoms with Gasteiger partial charge in [-0.15, -0.1) is 0 Å². The van der Waals surface area contributed by atoms with E-state index < -0.39 is 10.0 Å². The third-order valence-electron chi connectivity index (χ3n) is 3.54. The van der Waals surface area contributed by atoms with E-state index >= 15 is 0 Å². The molecule has 3 aromatic rings. The fraction of sp³-hybridized carbons (Fsp3) is 0.118. The molecule has 0 amide bonds. The molecule has 0 bridgehead atoms. The number of aromatic nitrogens is 1. The molecule has 0 aliphatic carbocycles. The Morgan fingerprint density at radius 1 is 1.00 bits per heavy atom. The predicted molar refractivity (Wildman–Crippen MR) is 93.7 cm³/mol. The zero-order chi connectivity index (χ0) is 17.3. The molecule has 0 spiro atoms. The topological polar surface area (TPSA) is 72.2 Å². The van der Waals surface area contributed by atoms with E-state index in [1.807, 2.05) is 25.1 Å². The summed E-state index contributed by atoms with van der Waals surface area (Å²) in [4.78, 5) is 0.144. The van der Waals surface area contributed by atoms with Crippen LogP contribution >= 0.6 is 11.6 Å². The maximum absolute atomic E-state index is 12.3. The van der Waals surface area contributed by atoms with Gasteiger partial charge in [-0.3, -0.25) is 4.72 Å². The molecule has 3 rings (SSSR count). The molecule has 0 saturated heterocycles. The highest BCUT2D eigenvalue weighted by atomic mass is 35.5. The van der Waals surface area contributed by atoms with E-state index in [0.29, 0.717) is 10.8 Å². The maximum Gasteiger partial charge on any atom is 0.263 e. The minimum atomic E-state index is -3.71. The first kappa shape index (κ1) is 16.5. The highest BCUT2D eigenvalue weighted by Crippen LogP contribution is 2.26. The number of nitrogens with one attached hydrogen (secondary N) is 1. The Hall–Kier alpha value is -2.31. The molecular formula is C17H15ClN2O3S. The molecule has 1 aromatic heterocycles. The summed E-state index contributed by atoms with van der Waals surface area (Å²) >= 11 is 6.14. The fourth-order valence-electron chi connectivity index (χ4n) is 2.21. The molecule has 7 heteroatoms. The number of halogens is 1. The van der Waals surface area contributed by atoms with Gasteiger partial charge in [0.25, 0.3) is 10.0 Å². The van der Waals surface area contributed by atoms with E-state index in [2.05, 4.69) is 9.88 Å². The largest absolute Gasteiger partial charge is 0.360 e. The average Bonchev–Trinajstić information content (AvgIpc) is 2.94. The van der Waals surface area contributed by atoms with Crippen LogP contribution in [0.1, 0.15) is 11.3 Å². The molecule has 1 heterocycles. The molecule has 0 saturated carbocycles. The second kappa shape index (κ2) is 6.30. The van der Waals surface area contributed by atoms with Gasteiger partial charge in [-0.25, -0.2) is 8.42 Å². The Kier molecular flexibility index (Phi) is 4.34. The van der Waals surface area contributed by atoms with Gasteiger partial charge in [-0.1, -0.05) is 41.0 Å². The first-order chi connectivity index (χ1) is 11.3. The number of benzene rings is 2. The Balaban J connectivity index is 1.86. The molecule has 0 atom stereocenters. The van der Waals surface area contributed by atoms with Crippen molar-refractivity contribution in [2.75, 3.05) is 4.72 Å². The van der Waals surface area contributed by atoms with E-state index in [1.54, 1.807) is 31.2 Å². The molecule has 1 N–H and O–H groups in total. The average molecular weight is 363 g/mol. The van der Waals surface area contributed by atoms with E-state index in [4.69, 9.17) is 16.1 Å². The lowest BCUT2D eigenvalue weighted by atomic mass is 10.0. The number of aryl methyl sites for hydroxylation is 2. The third-order valence-corrected chi connectivity index (χ3v) is 5.31. The summed E-state index contributed by atoms with van der Waals surface area (Å²) in [5.41, 5.74) is 2.80. The van der Waals surface area contributed by atoms with Crippen molar-refractivity contribution in [3.8, 4) is 11.1 Å². The molecule has 0 fully saturated rings. The predicted octanol–water partition coefficient (Wildman–Crippen LogP) is 4.41. The molecule has 24 heavy (non-hydrogen) atoms. The van der Waals surface area contributed by atoms with Gasteiger partial charge in [-0.2, -0.15) is 0 Å². The summed E-state index contributed by atoms with van der Waals surface area (Å²) in [6.45, 7) is 3.62. The van der Waals surface area contributed by atoms with Crippen molar-refractivity contribution in [2.24, 2.45) is 0 Å². The summed E-state index contributed by atoms with van der Waals surface area (Å²) in [7, 11) is -3.71. The minimum absolute atomic E-state index is 0.144. The maximum atomic E-state index is 12.3. The van der Waals surface area contributed by atoms with Crippen LogP contribution in [0.15, 0.2) is 57.9 Å². The van der Waals surface area contributed by atoms with Crippen molar-refractivity contribution in [1.29, 1.82) is 0 Å². The normalized spacial score (nSPS) is 11.5. The van der Waals surface area contributed by atoms with Crippen molar-refractivity contribution in [1.82, 2.24) is 5.16 Å². The number of hydrogen-bond acceptors (Lipinski definition) is 4. The van der Waals surface area contributed by atoms with Gasteiger partial charge in [0.1, 0.15) is 5.76 Å². The number of nitrogens with zero attached hydrogens (tertiary/aromatic N) is 1. The quantitative estimate of drug-likeness (QED) is 0.746. The Bertz CT molecular complexity index is 979. The lowest BCUT2D eigenvalue weighted by Crippen LogP contribution is -2.13. The van der Waals surface area contributed by atoms with E-state index in [0.717, 1.165) is 16.7 Å². The van der Waals surface area contributed by atoms with Crippen LogP contribution in [0.4, 0.5) is 5.82 Å². The lowest BCUT2D eigenvalue weighted by Gasteiger charge is -2.07. The smallest absolute Gasteiger partial charge is 0.263 e. The summed E-state index contributed by atoms with van der Waals surface area (Å²) in [6, 6.07) is 13.8. The Morgan fingerprint density at radius 3 is 2.25 bits per heavy atom. The number of sulfonamides is 1. The van der Waals surface area contributed by atoms with Crippen LogP contribution in [-0.4, -0.2) is 13.6 Å².